The van der Waals surface area contributed by atoms with Crippen molar-refractivity contribution in [1.82, 2.24) is 5.16 Å². The Bertz CT molecular complexity index is 477. The lowest BCUT2D eigenvalue weighted by Gasteiger charge is -2.23. The number of rotatable bonds is 0. The van der Waals surface area contributed by atoms with Crippen LogP contribution in [0.3, 0.4) is 0 Å². The van der Waals surface area contributed by atoms with Gasteiger partial charge in [0.2, 0.25) is 0 Å². The Hall–Kier alpha value is -1.71. The molecule has 0 bridgehead atoms. The molecule has 0 N–H and O–H groups in total. The molecule has 1 aromatic carbocycles. The first-order valence-corrected chi connectivity index (χ1v) is 4.51. The van der Waals surface area contributed by atoms with Crippen LogP contribution < -0.4 is 9.47 Å². The van der Waals surface area contributed by atoms with Gasteiger partial charge in [0.25, 0.3) is 0 Å². The van der Waals surface area contributed by atoms with Crippen LogP contribution in [-0.2, 0) is 0 Å². The van der Waals surface area contributed by atoms with E-state index < -0.39 is 0 Å². The number of fused-ring (bicyclic) bond motifs is 3. The summed E-state index contributed by atoms with van der Waals surface area (Å²) in [4.78, 5) is 0. The molecule has 1 unspecified atom stereocenters. The summed E-state index contributed by atoms with van der Waals surface area (Å²) in [5, 5.41) is 4.71. The predicted molar refractivity (Wildman–Crippen MR) is 49.6 cm³/mol. The number of aromatic nitrogens is 1. The van der Waals surface area contributed by atoms with E-state index in [0.717, 1.165) is 22.4 Å². The van der Waals surface area contributed by atoms with Crippen molar-refractivity contribution in [3.05, 3.63) is 18.4 Å². The van der Waals surface area contributed by atoms with Gasteiger partial charge in [-0.3, -0.25) is 0 Å². The van der Waals surface area contributed by atoms with Gasteiger partial charge in [-0.25, -0.2) is 0 Å². The van der Waals surface area contributed by atoms with Crippen molar-refractivity contribution in [2.45, 2.75) is 13.0 Å². The number of ether oxygens (including phenoxy) is 2. The summed E-state index contributed by atoms with van der Waals surface area (Å²) in [5.41, 5.74) is 0.793. The SMILES string of the molecule is CC1COc2ccc3nocc3c2O1. The summed E-state index contributed by atoms with van der Waals surface area (Å²) in [6.07, 6.45) is 1.65. The standard InChI is InChI=1S/C10H9NO3/c1-6-4-12-9-3-2-8-7(5-13-11-8)10(9)14-6/h2-3,5-6H,4H2,1H3. The zero-order valence-electron chi connectivity index (χ0n) is 7.69. The summed E-state index contributed by atoms with van der Waals surface area (Å²) in [7, 11) is 0. The highest BCUT2D eigenvalue weighted by molar-refractivity contribution is 5.87. The van der Waals surface area contributed by atoms with E-state index in [1.807, 2.05) is 19.1 Å². The topological polar surface area (TPSA) is 44.5 Å². The molecule has 2 heterocycles. The van der Waals surface area contributed by atoms with Crippen LogP contribution in [0, 0.1) is 0 Å². The smallest absolute Gasteiger partial charge is 0.174 e. The Morgan fingerprint density at radius 2 is 2.36 bits per heavy atom. The lowest BCUT2D eigenvalue weighted by molar-refractivity contribution is 0.106. The molecule has 0 saturated heterocycles. The molecule has 0 spiro atoms. The maximum atomic E-state index is 5.68. The molecule has 0 aliphatic carbocycles. The van der Waals surface area contributed by atoms with Crippen LogP contribution in [0.5, 0.6) is 11.5 Å². The molecule has 3 rings (SSSR count). The Morgan fingerprint density at radius 3 is 3.29 bits per heavy atom. The fraction of sp³-hybridized carbons (Fsp3) is 0.300. The van der Waals surface area contributed by atoms with Gasteiger partial charge in [-0.2, -0.15) is 0 Å². The first kappa shape index (κ1) is 7.67. The monoisotopic (exact) mass is 191 g/mol. The number of nitrogens with zero attached hydrogens (tertiary/aromatic N) is 1. The van der Waals surface area contributed by atoms with E-state index in [9.17, 15) is 0 Å². The Morgan fingerprint density at radius 1 is 1.43 bits per heavy atom. The number of benzene rings is 1. The third-order valence-corrected chi connectivity index (χ3v) is 2.25. The zero-order valence-corrected chi connectivity index (χ0v) is 7.69. The lowest BCUT2D eigenvalue weighted by atomic mass is 10.2. The second kappa shape index (κ2) is 2.64. The van der Waals surface area contributed by atoms with E-state index in [0.29, 0.717) is 6.61 Å². The van der Waals surface area contributed by atoms with Crippen LogP contribution in [0.1, 0.15) is 6.92 Å². The minimum atomic E-state index is 0.0722. The van der Waals surface area contributed by atoms with E-state index in [-0.39, 0.29) is 6.10 Å². The second-order valence-electron chi connectivity index (χ2n) is 3.38. The summed E-state index contributed by atoms with van der Waals surface area (Å²) in [5.74, 6) is 1.50. The van der Waals surface area contributed by atoms with Gasteiger partial charge in [-0.1, -0.05) is 5.16 Å². The predicted octanol–water partition coefficient (Wildman–Crippen LogP) is 1.99. The van der Waals surface area contributed by atoms with Crippen LogP contribution in [0.25, 0.3) is 10.9 Å². The molecule has 1 aliphatic heterocycles. The Balaban J connectivity index is 2.26. The van der Waals surface area contributed by atoms with Crippen molar-refractivity contribution >= 4 is 10.9 Å². The zero-order chi connectivity index (χ0) is 9.54. The summed E-state index contributed by atoms with van der Waals surface area (Å²) in [6.45, 7) is 2.55. The van der Waals surface area contributed by atoms with Crippen molar-refractivity contribution in [2.24, 2.45) is 0 Å². The highest BCUT2D eigenvalue weighted by Gasteiger charge is 2.20. The van der Waals surface area contributed by atoms with E-state index >= 15 is 0 Å². The number of hydrogen-bond donors (Lipinski definition) is 0. The molecular weight excluding hydrogens is 182 g/mol. The van der Waals surface area contributed by atoms with Crippen molar-refractivity contribution in [3.8, 4) is 11.5 Å². The third-order valence-electron chi connectivity index (χ3n) is 2.25. The fourth-order valence-corrected chi connectivity index (χ4v) is 1.58. The van der Waals surface area contributed by atoms with Gasteiger partial charge in [0.05, 0.1) is 5.39 Å². The molecule has 1 aliphatic rings. The highest BCUT2D eigenvalue weighted by atomic mass is 16.6. The molecule has 2 aromatic rings. The van der Waals surface area contributed by atoms with Crippen molar-refractivity contribution in [3.63, 3.8) is 0 Å². The molecule has 0 saturated carbocycles. The lowest BCUT2D eigenvalue weighted by Crippen LogP contribution is -2.25. The maximum absolute atomic E-state index is 5.68. The highest BCUT2D eigenvalue weighted by Crippen LogP contribution is 2.38. The quantitative estimate of drug-likeness (QED) is 0.638. The summed E-state index contributed by atoms with van der Waals surface area (Å²) >= 11 is 0. The van der Waals surface area contributed by atoms with Gasteiger partial charge in [-0.05, 0) is 19.1 Å². The molecule has 1 atom stereocenters. The summed E-state index contributed by atoms with van der Waals surface area (Å²) in [6, 6.07) is 3.71. The summed E-state index contributed by atoms with van der Waals surface area (Å²) < 4.78 is 16.1. The fourth-order valence-electron chi connectivity index (χ4n) is 1.58. The second-order valence-corrected chi connectivity index (χ2v) is 3.38. The molecule has 14 heavy (non-hydrogen) atoms. The van der Waals surface area contributed by atoms with Crippen LogP contribution in [-0.4, -0.2) is 17.9 Å². The van der Waals surface area contributed by atoms with E-state index in [1.165, 1.54) is 0 Å². The Kier molecular flexibility index (Phi) is 1.45. The van der Waals surface area contributed by atoms with Crippen molar-refractivity contribution in [2.75, 3.05) is 6.61 Å². The van der Waals surface area contributed by atoms with Gasteiger partial charge in [0, 0.05) is 0 Å². The molecule has 1 aromatic heterocycles. The van der Waals surface area contributed by atoms with Gasteiger partial charge in [0.1, 0.15) is 24.5 Å². The van der Waals surface area contributed by atoms with Crippen LogP contribution in [0.2, 0.25) is 0 Å². The molecule has 4 heteroatoms. The van der Waals surface area contributed by atoms with E-state index in [1.54, 1.807) is 6.26 Å². The van der Waals surface area contributed by atoms with Gasteiger partial charge < -0.3 is 14.0 Å². The first-order chi connectivity index (χ1) is 6.84. The maximum Gasteiger partial charge on any atom is 0.174 e. The van der Waals surface area contributed by atoms with E-state index in [2.05, 4.69) is 5.16 Å². The van der Waals surface area contributed by atoms with E-state index in [4.69, 9.17) is 14.0 Å². The van der Waals surface area contributed by atoms with Gasteiger partial charge in [-0.15, -0.1) is 0 Å². The normalized spacial score (nSPS) is 19.9. The average molecular weight is 191 g/mol. The molecule has 0 amide bonds. The third kappa shape index (κ3) is 0.968. The van der Waals surface area contributed by atoms with Crippen LogP contribution >= 0.6 is 0 Å². The molecular formula is C10H9NO3. The Labute approximate surface area is 80.4 Å². The first-order valence-electron chi connectivity index (χ1n) is 4.51. The van der Waals surface area contributed by atoms with Crippen molar-refractivity contribution < 1.29 is 14.0 Å². The van der Waals surface area contributed by atoms with Crippen LogP contribution in [0.4, 0.5) is 0 Å². The average Bonchev–Trinajstić information content (AvgIpc) is 2.65. The van der Waals surface area contributed by atoms with Crippen molar-refractivity contribution in [1.29, 1.82) is 0 Å². The molecule has 0 radical (unpaired) electrons. The van der Waals surface area contributed by atoms with Gasteiger partial charge in [0.15, 0.2) is 11.5 Å². The molecule has 4 nitrogen and oxygen atoms in total. The van der Waals surface area contributed by atoms with Gasteiger partial charge >= 0.3 is 0 Å². The van der Waals surface area contributed by atoms with Crippen LogP contribution in [0.15, 0.2) is 22.9 Å². The largest absolute Gasteiger partial charge is 0.486 e. The number of hydrogen-bond acceptors (Lipinski definition) is 4. The molecule has 0 fully saturated rings. The minimum absolute atomic E-state index is 0.0722. The molecule has 72 valence electrons. The minimum Gasteiger partial charge on any atom is -0.486 e.